The third-order valence-corrected chi connectivity index (χ3v) is 3.85. The Bertz CT molecular complexity index is 633. The number of hydrogen-bond donors (Lipinski definition) is 1. The van der Waals surface area contributed by atoms with Gasteiger partial charge in [0.1, 0.15) is 5.75 Å². The molecular formula is C16H21N5O. The minimum Gasteiger partial charge on any atom is -0.497 e. The summed E-state index contributed by atoms with van der Waals surface area (Å²) >= 11 is 0. The average molecular weight is 299 g/mol. The molecule has 3 rings (SSSR count). The van der Waals surface area contributed by atoms with E-state index >= 15 is 0 Å². The summed E-state index contributed by atoms with van der Waals surface area (Å²) in [6, 6.07) is 7.67. The van der Waals surface area contributed by atoms with Crippen molar-refractivity contribution < 1.29 is 4.74 Å². The molecule has 0 amide bonds. The van der Waals surface area contributed by atoms with Gasteiger partial charge in [-0.1, -0.05) is 13.0 Å². The zero-order valence-corrected chi connectivity index (χ0v) is 13.0. The Balaban J connectivity index is 1.75. The van der Waals surface area contributed by atoms with Gasteiger partial charge in [-0.2, -0.15) is 10.1 Å². The topological polar surface area (TPSA) is 63.2 Å². The highest BCUT2D eigenvalue weighted by molar-refractivity contribution is 5.56. The minimum atomic E-state index is 0.504. The molecule has 0 radical (unpaired) electrons. The van der Waals surface area contributed by atoms with Crippen LogP contribution in [-0.4, -0.2) is 35.4 Å². The molecule has 1 aromatic heterocycles. The van der Waals surface area contributed by atoms with Crippen LogP contribution in [0, 0.1) is 5.92 Å². The van der Waals surface area contributed by atoms with Crippen molar-refractivity contribution in [1.29, 1.82) is 0 Å². The Morgan fingerprint density at radius 2 is 2.27 bits per heavy atom. The molecule has 1 unspecified atom stereocenters. The number of aromatic nitrogens is 3. The highest BCUT2D eigenvalue weighted by Gasteiger charge is 2.18. The molecule has 22 heavy (non-hydrogen) atoms. The largest absolute Gasteiger partial charge is 0.497 e. The van der Waals surface area contributed by atoms with Crippen molar-refractivity contribution in [3.63, 3.8) is 0 Å². The van der Waals surface area contributed by atoms with Crippen LogP contribution in [0.25, 0.3) is 0 Å². The lowest BCUT2D eigenvalue weighted by atomic mass is 10.0. The van der Waals surface area contributed by atoms with Crippen molar-refractivity contribution in [2.24, 2.45) is 5.92 Å². The van der Waals surface area contributed by atoms with Crippen molar-refractivity contribution >= 4 is 17.5 Å². The molecule has 0 spiro atoms. The lowest BCUT2D eigenvalue weighted by Gasteiger charge is -2.31. The molecular weight excluding hydrogens is 278 g/mol. The van der Waals surface area contributed by atoms with Gasteiger partial charge in [0, 0.05) is 24.8 Å². The first kappa shape index (κ1) is 14.6. The molecule has 116 valence electrons. The van der Waals surface area contributed by atoms with Crippen molar-refractivity contribution in [3.05, 3.63) is 30.5 Å². The maximum absolute atomic E-state index is 5.22. The van der Waals surface area contributed by atoms with Gasteiger partial charge in [0.2, 0.25) is 5.95 Å². The van der Waals surface area contributed by atoms with Gasteiger partial charge in [0.25, 0.3) is 0 Å². The number of benzene rings is 1. The van der Waals surface area contributed by atoms with Crippen LogP contribution in [0.5, 0.6) is 5.75 Å². The van der Waals surface area contributed by atoms with Gasteiger partial charge in [0.15, 0.2) is 5.82 Å². The van der Waals surface area contributed by atoms with Crippen LogP contribution >= 0.6 is 0 Å². The standard InChI is InChI=1S/C16H21N5O/c1-12-5-4-8-21(11-12)15-10-17-20-16(19-15)18-13-6-3-7-14(9-13)22-2/h3,6-7,9-10,12H,4-5,8,11H2,1-2H3,(H,18,19,20). The molecule has 1 aliphatic heterocycles. The highest BCUT2D eigenvalue weighted by atomic mass is 16.5. The number of rotatable bonds is 4. The van der Waals surface area contributed by atoms with Gasteiger partial charge in [-0.15, -0.1) is 5.10 Å². The Morgan fingerprint density at radius 1 is 1.36 bits per heavy atom. The molecule has 0 saturated carbocycles. The quantitative estimate of drug-likeness (QED) is 0.936. The van der Waals surface area contributed by atoms with E-state index in [4.69, 9.17) is 4.74 Å². The fourth-order valence-electron chi connectivity index (χ4n) is 2.73. The second kappa shape index (κ2) is 6.60. The zero-order valence-electron chi connectivity index (χ0n) is 13.0. The van der Waals surface area contributed by atoms with Crippen molar-refractivity contribution in [2.75, 3.05) is 30.4 Å². The number of ether oxygens (including phenoxy) is 1. The van der Waals surface area contributed by atoms with Crippen LogP contribution < -0.4 is 15.0 Å². The van der Waals surface area contributed by atoms with Gasteiger partial charge in [0.05, 0.1) is 13.3 Å². The molecule has 6 heteroatoms. The summed E-state index contributed by atoms with van der Waals surface area (Å²) in [4.78, 5) is 6.86. The summed E-state index contributed by atoms with van der Waals surface area (Å²) in [5.74, 6) is 2.87. The first-order valence-corrected chi connectivity index (χ1v) is 7.60. The van der Waals surface area contributed by atoms with Gasteiger partial charge in [-0.05, 0) is 30.9 Å². The Labute approximate surface area is 130 Å². The number of methoxy groups -OCH3 is 1. The number of anilines is 3. The lowest BCUT2D eigenvalue weighted by molar-refractivity contribution is 0.415. The molecule has 1 N–H and O–H groups in total. The Hall–Kier alpha value is -2.37. The van der Waals surface area contributed by atoms with Crippen molar-refractivity contribution in [3.8, 4) is 5.75 Å². The van der Waals surface area contributed by atoms with Gasteiger partial charge < -0.3 is 15.0 Å². The predicted molar refractivity (Wildman–Crippen MR) is 86.7 cm³/mol. The normalized spacial score (nSPS) is 18.1. The summed E-state index contributed by atoms with van der Waals surface area (Å²) in [7, 11) is 1.65. The van der Waals surface area contributed by atoms with Crippen LogP contribution in [0.1, 0.15) is 19.8 Å². The first-order valence-electron chi connectivity index (χ1n) is 7.60. The number of nitrogens with one attached hydrogen (secondary N) is 1. The van der Waals surface area contributed by atoms with Crippen molar-refractivity contribution in [2.45, 2.75) is 19.8 Å². The van der Waals surface area contributed by atoms with E-state index in [2.05, 4.69) is 32.3 Å². The van der Waals surface area contributed by atoms with E-state index in [1.807, 2.05) is 24.3 Å². The fourth-order valence-corrected chi connectivity index (χ4v) is 2.73. The van der Waals surface area contributed by atoms with E-state index in [1.54, 1.807) is 13.3 Å². The molecule has 1 aromatic carbocycles. The van der Waals surface area contributed by atoms with E-state index in [-0.39, 0.29) is 0 Å². The maximum Gasteiger partial charge on any atom is 0.249 e. The number of piperidine rings is 1. The summed E-state index contributed by atoms with van der Waals surface area (Å²) < 4.78 is 5.22. The third kappa shape index (κ3) is 3.44. The van der Waals surface area contributed by atoms with E-state index in [1.165, 1.54) is 12.8 Å². The maximum atomic E-state index is 5.22. The third-order valence-electron chi connectivity index (χ3n) is 3.85. The predicted octanol–water partition coefficient (Wildman–Crippen LogP) is 2.86. The lowest BCUT2D eigenvalue weighted by Crippen LogP contribution is -2.35. The van der Waals surface area contributed by atoms with Crippen LogP contribution in [-0.2, 0) is 0 Å². The van der Waals surface area contributed by atoms with E-state index < -0.39 is 0 Å². The van der Waals surface area contributed by atoms with Crippen LogP contribution in [0.2, 0.25) is 0 Å². The van der Waals surface area contributed by atoms with Gasteiger partial charge in [-0.25, -0.2) is 0 Å². The fraction of sp³-hybridized carbons (Fsp3) is 0.438. The molecule has 2 heterocycles. The minimum absolute atomic E-state index is 0.504. The molecule has 1 atom stereocenters. The Morgan fingerprint density at radius 3 is 3.09 bits per heavy atom. The summed E-state index contributed by atoms with van der Waals surface area (Å²) in [5.41, 5.74) is 0.880. The SMILES string of the molecule is COc1cccc(Nc2nncc(N3CCCC(C)C3)n2)c1. The van der Waals surface area contributed by atoms with Crippen LogP contribution in [0.15, 0.2) is 30.5 Å². The van der Waals surface area contributed by atoms with E-state index in [0.29, 0.717) is 11.9 Å². The number of hydrogen-bond acceptors (Lipinski definition) is 6. The molecule has 0 bridgehead atoms. The average Bonchev–Trinajstić information content (AvgIpc) is 2.55. The molecule has 2 aromatic rings. The second-order valence-electron chi connectivity index (χ2n) is 5.69. The van der Waals surface area contributed by atoms with E-state index in [0.717, 1.165) is 30.3 Å². The molecule has 1 aliphatic rings. The zero-order chi connectivity index (χ0) is 15.4. The molecule has 0 aliphatic carbocycles. The second-order valence-corrected chi connectivity index (χ2v) is 5.69. The van der Waals surface area contributed by atoms with Crippen LogP contribution in [0.4, 0.5) is 17.5 Å². The van der Waals surface area contributed by atoms with Crippen LogP contribution in [0.3, 0.4) is 0 Å². The van der Waals surface area contributed by atoms with Gasteiger partial charge >= 0.3 is 0 Å². The monoisotopic (exact) mass is 299 g/mol. The Kier molecular flexibility index (Phi) is 4.37. The van der Waals surface area contributed by atoms with Crippen molar-refractivity contribution in [1.82, 2.24) is 15.2 Å². The molecule has 1 saturated heterocycles. The summed E-state index contributed by atoms with van der Waals surface area (Å²) in [6.45, 7) is 4.33. The van der Waals surface area contributed by atoms with Gasteiger partial charge in [-0.3, -0.25) is 0 Å². The smallest absolute Gasteiger partial charge is 0.249 e. The van der Waals surface area contributed by atoms with E-state index in [9.17, 15) is 0 Å². The number of nitrogens with zero attached hydrogens (tertiary/aromatic N) is 4. The highest BCUT2D eigenvalue weighted by Crippen LogP contribution is 2.23. The summed E-state index contributed by atoms with van der Waals surface area (Å²) in [6.07, 6.45) is 4.21. The molecule has 6 nitrogen and oxygen atoms in total. The summed E-state index contributed by atoms with van der Waals surface area (Å²) in [5, 5.41) is 11.3. The molecule has 1 fully saturated rings. The first-order chi connectivity index (χ1) is 10.7.